The quantitative estimate of drug-likeness (QED) is 0.0144. The van der Waals surface area contributed by atoms with E-state index in [1.807, 2.05) is 6.08 Å². The molecule has 0 radical (unpaired) electrons. The second-order valence-corrected chi connectivity index (χ2v) is 22.8. The van der Waals surface area contributed by atoms with Crippen LogP contribution in [0.15, 0.2) is 225 Å². The average Bonchev–Trinajstić information content (AvgIpc) is 0.771. The van der Waals surface area contributed by atoms with Gasteiger partial charge in [0.1, 0.15) is 31.5 Å². The van der Waals surface area contributed by atoms with E-state index in [2.05, 4.69) is 6.58 Å². The Morgan fingerprint density at radius 2 is 0.667 bits per heavy atom. The molecule has 2 aliphatic rings. The van der Waals surface area contributed by atoms with Crippen LogP contribution in [0.2, 0.25) is 0 Å². The number of hydrogen-bond donors (Lipinski definition) is 1. The van der Waals surface area contributed by atoms with E-state index >= 15 is 0 Å². The van der Waals surface area contributed by atoms with Crippen molar-refractivity contribution in [2.45, 2.75) is 106 Å². The van der Waals surface area contributed by atoms with E-state index in [9.17, 15) is 43.0 Å². The van der Waals surface area contributed by atoms with Gasteiger partial charge in [0.05, 0.1) is 45.6 Å². The van der Waals surface area contributed by atoms with Crippen LogP contribution in [0.1, 0.15) is 117 Å². The number of unbranched alkanes of at least 4 members (excludes halogenated alkanes) is 6. The molecule has 7 aromatic rings. The lowest BCUT2D eigenvalue weighted by molar-refractivity contribution is -0.350. The van der Waals surface area contributed by atoms with Crippen molar-refractivity contribution in [3.63, 3.8) is 0 Å². The Bertz CT molecular complexity index is 3610. The molecule has 484 valence electrons. The molecule has 11 atom stereocenters. The van der Waals surface area contributed by atoms with Gasteiger partial charge >= 0.3 is 49.6 Å². The van der Waals surface area contributed by atoms with E-state index in [-0.39, 0.29) is 45.6 Å². The fourth-order valence-electron chi connectivity index (χ4n) is 10.1. The maximum Gasteiger partial charge on any atom is 0.474 e. The van der Waals surface area contributed by atoms with Gasteiger partial charge in [0.25, 0.3) is 0 Å². The summed E-state index contributed by atoms with van der Waals surface area (Å²) < 4.78 is 89.2. The van der Waals surface area contributed by atoms with Crippen LogP contribution < -0.4 is 0 Å². The summed E-state index contributed by atoms with van der Waals surface area (Å²) in [5.74, 6) is -7.15. The van der Waals surface area contributed by atoms with Crippen molar-refractivity contribution < 1.29 is 99.4 Å². The van der Waals surface area contributed by atoms with Gasteiger partial charge in [-0.2, -0.15) is 0 Å². The molecule has 22 heteroatoms. The number of allylic oxidation sites excluding steroid dienone is 1. The van der Waals surface area contributed by atoms with E-state index in [1.165, 1.54) is 109 Å². The van der Waals surface area contributed by atoms with Gasteiger partial charge in [0.15, 0.2) is 36.8 Å². The van der Waals surface area contributed by atoms with Crippen LogP contribution in [0.3, 0.4) is 0 Å². The molecule has 0 aliphatic carbocycles. The van der Waals surface area contributed by atoms with Crippen LogP contribution in [0.5, 0.6) is 0 Å². The summed E-state index contributed by atoms with van der Waals surface area (Å²) in [5, 5.41) is 0. The van der Waals surface area contributed by atoms with Crippen molar-refractivity contribution in [2.24, 2.45) is 0 Å². The van der Waals surface area contributed by atoms with E-state index in [1.54, 1.807) is 103 Å². The third kappa shape index (κ3) is 19.5. The number of phosphoric acid groups is 1. The maximum atomic E-state index is 14.8. The van der Waals surface area contributed by atoms with Gasteiger partial charge in [-0.15, -0.1) is 6.58 Å². The molecule has 2 aliphatic heterocycles. The Morgan fingerprint density at radius 1 is 0.376 bits per heavy atom. The Hall–Kier alpha value is -9.44. The number of phosphoric ester groups is 1. The van der Waals surface area contributed by atoms with E-state index in [0.29, 0.717) is 12.8 Å². The molecule has 0 saturated carbocycles. The smallest absolute Gasteiger partial charge is 0.459 e. The lowest BCUT2D eigenvalue weighted by Crippen LogP contribution is -2.67. The van der Waals surface area contributed by atoms with Gasteiger partial charge in [-0.1, -0.05) is 159 Å². The Morgan fingerprint density at radius 3 is 1.04 bits per heavy atom. The van der Waals surface area contributed by atoms with Crippen molar-refractivity contribution in [1.29, 1.82) is 0 Å². The zero-order chi connectivity index (χ0) is 65.4. The largest absolute Gasteiger partial charge is 0.474 e. The van der Waals surface area contributed by atoms with Crippen molar-refractivity contribution >= 4 is 49.6 Å². The summed E-state index contributed by atoms with van der Waals surface area (Å²) in [7, 11) is -5.29. The molecule has 2 fully saturated rings. The summed E-state index contributed by atoms with van der Waals surface area (Å²) in [4.78, 5) is 113. The first-order chi connectivity index (χ1) is 45.2. The van der Waals surface area contributed by atoms with Gasteiger partial charge in [-0.3, -0.25) is 9.05 Å². The van der Waals surface area contributed by atoms with Gasteiger partial charge < -0.3 is 52.3 Å². The molecule has 1 N–H and O–H groups in total. The summed E-state index contributed by atoms with van der Waals surface area (Å²) in [5.41, 5.74) is -0.0640. The molecular formula is C71H69O21P. The topological polar surface area (TPSA) is 268 Å². The average molecular weight is 1290 g/mol. The minimum Gasteiger partial charge on any atom is -0.459 e. The first-order valence-electron chi connectivity index (χ1n) is 30.2. The van der Waals surface area contributed by atoms with Crippen LogP contribution in [-0.4, -0.2) is 128 Å². The van der Waals surface area contributed by atoms with Crippen LogP contribution >= 0.6 is 7.82 Å². The van der Waals surface area contributed by atoms with Crippen molar-refractivity contribution in [1.82, 2.24) is 0 Å². The SMILES string of the molecule is C=CCCCCCCCCOP(=O)(O)O[C@H]1O[C@H](COC(=O)c2ccccc2)[C@@H](O[C@H]2O[C@H](COC(=O)c3ccccc3)[C@H](OC(=O)c3ccccc3)[C@H](OC(=O)c3ccccc3)[C@H]2OC(=O)c2ccccc2)[C@H](OC(=O)c2ccccc2)[C@@H]1OC(=O)c1ccccc1. The van der Waals surface area contributed by atoms with Crippen LogP contribution in [-0.2, 0) is 61.0 Å². The highest BCUT2D eigenvalue weighted by atomic mass is 31.2. The first kappa shape index (κ1) is 67.9. The Kier molecular flexibility index (Phi) is 25.0. The predicted molar refractivity (Wildman–Crippen MR) is 333 cm³/mol. The number of carbonyl (C=O) groups is 7. The summed E-state index contributed by atoms with van der Waals surface area (Å²) in [6.07, 6.45) is -13.0. The Balaban J connectivity index is 1.19. The zero-order valence-electron chi connectivity index (χ0n) is 50.4. The van der Waals surface area contributed by atoms with Gasteiger partial charge in [0, 0.05) is 0 Å². The summed E-state index contributed by atoms with van der Waals surface area (Å²) in [6.45, 7) is 1.79. The minimum atomic E-state index is -5.29. The van der Waals surface area contributed by atoms with E-state index in [4.69, 9.17) is 56.4 Å². The van der Waals surface area contributed by atoms with E-state index < -0.39 is 124 Å². The predicted octanol–water partition coefficient (Wildman–Crippen LogP) is 11.7. The van der Waals surface area contributed by atoms with Gasteiger partial charge in [-0.05, 0) is 104 Å². The van der Waals surface area contributed by atoms with Crippen LogP contribution in [0, 0.1) is 0 Å². The van der Waals surface area contributed by atoms with Crippen molar-refractivity contribution in [2.75, 3.05) is 19.8 Å². The number of rotatable bonds is 30. The zero-order valence-corrected chi connectivity index (χ0v) is 51.3. The fraction of sp³-hybridized carbons (Fsp3) is 0.282. The highest BCUT2D eigenvalue weighted by molar-refractivity contribution is 7.47. The van der Waals surface area contributed by atoms with Gasteiger partial charge in [-0.25, -0.2) is 38.1 Å². The molecule has 0 aromatic heterocycles. The summed E-state index contributed by atoms with van der Waals surface area (Å²) >= 11 is 0. The maximum absolute atomic E-state index is 14.8. The first-order valence-corrected chi connectivity index (χ1v) is 31.7. The molecule has 2 saturated heterocycles. The number of esters is 7. The second-order valence-electron chi connectivity index (χ2n) is 21.4. The number of ether oxygens (including phenoxy) is 10. The number of hydrogen-bond acceptors (Lipinski definition) is 20. The Labute approximate surface area is 536 Å². The highest BCUT2D eigenvalue weighted by Crippen LogP contribution is 2.48. The normalized spacial score (nSPS) is 21.5. The second kappa shape index (κ2) is 34.3. The highest BCUT2D eigenvalue weighted by Gasteiger charge is 2.59. The third-order valence-electron chi connectivity index (χ3n) is 14.8. The van der Waals surface area contributed by atoms with Crippen LogP contribution in [0.25, 0.3) is 0 Å². The van der Waals surface area contributed by atoms with Crippen molar-refractivity contribution in [3.8, 4) is 0 Å². The molecule has 21 nitrogen and oxygen atoms in total. The molecule has 1 unspecified atom stereocenters. The molecule has 93 heavy (non-hydrogen) atoms. The molecule has 9 rings (SSSR count). The molecule has 7 aromatic carbocycles. The molecule has 0 bridgehead atoms. The monoisotopic (exact) mass is 1290 g/mol. The molecule has 2 heterocycles. The number of carbonyl (C=O) groups excluding carboxylic acids is 7. The lowest BCUT2D eigenvalue weighted by Gasteiger charge is -2.48. The van der Waals surface area contributed by atoms with Crippen molar-refractivity contribution in [3.05, 3.63) is 264 Å². The van der Waals surface area contributed by atoms with E-state index in [0.717, 1.165) is 32.1 Å². The minimum absolute atomic E-state index is 0.00776. The fourth-order valence-corrected chi connectivity index (χ4v) is 11.0. The molecule has 0 amide bonds. The third-order valence-corrected chi connectivity index (χ3v) is 15.8. The molecular weight excluding hydrogens is 1220 g/mol. The summed E-state index contributed by atoms with van der Waals surface area (Å²) in [6, 6.07) is 53.4. The molecule has 0 spiro atoms. The number of benzene rings is 7. The standard InChI is InChI=1S/C71H69O21P/c1-2-3-4-5-6-7-8-30-45-83-93(79,80)92-71-62(90-69(78)54-43-28-15-29-44-54)60(88-67(76)52-39-24-13-25-40-52)58(56(85-71)47-82-64(73)49-33-18-10-19-34-49)91-70-61(89-68(77)53-41-26-14-27-42-53)59(87-66(75)51-37-22-12-23-38-51)57(86-65(74)50-35-20-11-21-36-50)55(84-70)46-81-63(72)48-31-16-9-17-32-48/h2,9-29,31-44,55-62,70-71H,1,3-8,30,45-47H2,(H,79,80)/t55-,56-,57+,58-,59+,60+,61-,62+,70-,71-/m1/s1. The van der Waals surface area contributed by atoms with Crippen LogP contribution in [0.4, 0.5) is 0 Å². The lowest BCUT2D eigenvalue weighted by atomic mass is 9.95. The van der Waals surface area contributed by atoms with Gasteiger partial charge in [0.2, 0.25) is 6.29 Å².